The first-order chi connectivity index (χ1) is 10.6. The molecule has 0 aliphatic carbocycles. The Kier molecular flexibility index (Phi) is 6.20. The molecular weight excluding hydrogens is 306 g/mol. The predicted molar refractivity (Wildman–Crippen MR) is 79.5 cm³/mol. The molecule has 0 aromatic rings. The molecule has 0 saturated carbocycles. The number of aliphatic carboxylic acids is 1. The van der Waals surface area contributed by atoms with E-state index >= 15 is 0 Å². The summed E-state index contributed by atoms with van der Waals surface area (Å²) in [5.41, 5.74) is 7.54. The number of likely N-dealkylation sites (tertiary alicyclic amines) is 1. The van der Waals surface area contributed by atoms with Gasteiger partial charge in [0.15, 0.2) is 0 Å². The molecule has 10 heteroatoms. The van der Waals surface area contributed by atoms with Crippen molar-refractivity contribution in [2.75, 3.05) is 19.6 Å². The van der Waals surface area contributed by atoms with E-state index in [1.165, 1.54) is 4.90 Å². The minimum atomic E-state index is -1.27. The molecule has 1 rings (SSSR count). The smallest absolute Gasteiger partial charge is 0.408 e. The van der Waals surface area contributed by atoms with Crippen LogP contribution in [0.25, 0.3) is 10.4 Å². The first-order valence-corrected chi connectivity index (χ1v) is 7.13. The van der Waals surface area contributed by atoms with Crippen LogP contribution in [0.2, 0.25) is 0 Å². The summed E-state index contributed by atoms with van der Waals surface area (Å²) in [5, 5.41) is 14.9. The van der Waals surface area contributed by atoms with E-state index in [2.05, 4.69) is 15.3 Å². The Hall–Kier alpha value is -2.48. The van der Waals surface area contributed by atoms with Crippen molar-refractivity contribution in [1.82, 2.24) is 10.2 Å². The molecule has 0 aromatic carbocycles. The van der Waals surface area contributed by atoms with Gasteiger partial charge in [-0.05, 0) is 32.2 Å². The number of nitrogens with zero attached hydrogens (tertiary/aromatic N) is 4. The lowest BCUT2D eigenvalue weighted by Crippen LogP contribution is -2.50. The van der Waals surface area contributed by atoms with Crippen LogP contribution in [0, 0.1) is 5.92 Å². The van der Waals surface area contributed by atoms with E-state index in [1.54, 1.807) is 20.8 Å². The minimum absolute atomic E-state index is 0.144. The van der Waals surface area contributed by atoms with Crippen LogP contribution in [-0.2, 0) is 14.3 Å². The Morgan fingerprint density at radius 2 is 2.22 bits per heavy atom. The van der Waals surface area contributed by atoms with Gasteiger partial charge in [0.05, 0.1) is 6.54 Å². The normalized spacial score (nSPS) is 19.0. The van der Waals surface area contributed by atoms with Crippen LogP contribution in [0.15, 0.2) is 5.11 Å². The number of alkyl carbamates (subject to hydrolysis) is 1. The molecule has 1 heterocycles. The van der Waals surface area contributed by atoms with Gasteiger partial charge in [0.25, 0.3) is 0 Å². The van der Waals surface area contributed by atoms with E-state index in [0.29, 0.717) is 0 Å². The van der Waals surface area contributed by atoms with Gasteiger partial charge in [-0.25, -0.2) is 9.59 Å². The number of carboxylic acid groups (broad SMARTS) is 1. The summed E-state index contributed by atoms with van der Waals surface area (Å²) in [6.45, 7) is 5.28. The second-order valence-electron chi connectivity index (χ2n) is 6.32. The molecule has 1 aliphatic heterocycles. The minimum Gasteiger partial charge on any atom is -0.480 e. The van der Waals surface area contributed by atoms with Gasteiger partial charge in [0.1, 0.15) is 11.6 Å². The summed E-state index contributed by atoms with van der Waals surface area (Å²) in [4.78, 5) is 38.8. The molecule has 128 valence electrons. The summed E-state index contributed by atoms with van der Waals surface area (Å²) in [7, 11) is 0. The van der Waals surface area contributed by atoms with Gasteiger partial charge in [-0.3, -0.25) is 4.79 Å². The molecule has 0 aromatic heterocycles. The van der Waals surface area contributed by atoms with E-state index < -0.39 is 23.7 Å². The standard InChI is InChI=1S/C13H21N5O5/c1-13(2,3)23-12(22)16-9(11(20)21)7-18-6-8(4-10(18)19)5-15-17-14/h8-9H,4-7H2,1-3H3,(H,16,22)(H,20,21)/t8?,9-/m0/s1. The van der Waals surface area contributed by atoms with Crippen LogP contribution in [0.3, 0.4) is 0 Å². The number of carbonyl (C=O) groups excluding carboxylic acids is 2. The third-order valence-electron chi connectivity index (χ3n) is 3.09. The summed E-state index contributed by atoms with van der Waals surface area (Å²) in [6, 6.07) is -1.27. The number of carbonyl (C=O) groups is 3. The number of ether oxygens (including phenoxy) is 1. The fraction of sp³-hybridized carbons (Fsp3) is 0.769. The average Bonchev–Trinajstić information content (AvgIpc) is 2.74. The highest BCUT2D eigenvalue weighted by Gasteiger charge is 2.33. The highest BCUT2D eigenvalue weighted by molar-refractivity contribution is 5.83. The van der Waals surface area contributed by atoms with Gasteiger partial charge in [-0.2, -0.15) is 0 Å². The molecular formula is C13H21N5O5. The molecule has 1 fully saturated rings. The van der Waals surface area contributed by atoms with E-state index in [0.717, 1.165) is 0 Å². The summed E-state index contributed by atoms with van der Waals surface area (Å²) in [6.07, 6.45) is -0.667. The zero-order chi connectivity index (χ0) is 17.6. The Balaban J connectivity index is 2.62. The SMILES string of the molecule is CC(C)(C)OC(=O)N[C@@H](CN1CC(CN=[N+]=[N-])CC1=O)C(=O)O. The molecule has 0 bridgehead atoms. The maximum atomic E-state index is 11.9. The van der Waals surface area contributed by atoms with Gasteiger partial charge in [0, 0.05) is 24.4 Å². The highest BCUT2D eigenvalue weighted by atomic mass is 16.6. The van der Waals surface area contributed by atoms with Crippen molar-refractivity contribution in [2.24, 2.45) is 11.0 Å². The number of carboxylic acids is 1. The van der Waals surface area contributed by atoms with Crippen molar-refractivity contribution in [3.8, 4) is 0 Å². The quantitative estimate of drug-likeness (QED) is 0.426. The van der Waals surface area contributed by atoms with E-state index in [1.807, 2.05) is 0 Å². The molecule has 2 amide bonds. The number of amides is 2. The maximum Gasteiger partial charge on any atom is 0.408 e. The predicted octanol–water partition coefficient (Wildman–Crippen LogP) is 1.12. The van der Waals surface area contributed by atoms with Crippen molar-refractivity contribution in [3.63, 3.8) is 0 Å². The van der Waals surface area contributed by atoms with Crippen LogP contribution in [-0.4, -0.2) is 59.3 Å². The van der Waals surface area contributed by atoms with Gasteiger partial charge in [0.2, 0.25) is 5.91 Å². The Bertz CT molecular complexity index is 523. The fourth-order valence-corrected chi connectivity index (χ4v) is 2.16. The number of hydrogen-bond acceptors (Lipinski definition) is 5. The Morgan fingerprint density at radius 3 is 2.74 bits per heavy atom. The lowest BCUT2D eigenvalue weighted by Gasteiger charge is -2.24. The van der Waals surface area contributed by atoms with Crippen molar-refractivity contribution in [1.29, 1.82) is 0 Å². The van der Waals surface area contributed by atoms with E-state index in [-0.39, 0.29) is 37.9 Å². The zero-order valence-electron chi connectivity index (χ0n) is 13.4. The van der Waals surface area contributed by atoms with Gasteiger partial charge in [-0.1, -0.05) is 5.11 Å². The van der Waals surface area contributed by atoms with Gasteiger partial charge >= 0.3 is 12.1 Å². The molecule has 2 atom stereocenters. The summed E-state index contributed by atoms with van der Waals surface area (Å²) >= 11 is 0. The van der Waals surface area contributed by atoms with E-state index in [4.69, 9.17) is 10.3 Å². The summed E-state index contributed by atoms with van der Waals surface area (Å²) < 4.78 is 5.01. The number of hydrogen-bond donors (Lipinski definition) is 2. The van der Waals surface area contributed by atoms with Crippen molar-refractivity contribution >= 4 is 18.0 Å². The summed E-state index contributed by atoms with van der Waals surface area (Å²) in [5.74, 6) is -1.64. The lowest BCUT2D eigenvalue weighted by molar-refractivity contribution is -0.140. The fourth-order valence-electron chi connectivity index (χ4n) is 2.16. The molecule has 2 N–H and O–H groups in total. The third kappa shape index (κ3) is 6.43. The van der Waals surface area contributed by atoms with Crippen LogP contribution >= 0.6 is 0 Å². The number of nitrogens with one attached hydrogen (secondary N) is 1. The largest absolute Gasteiger partial charge is 0.480 e. The second kappa shape index (κ2) is 7.68. The van der Waals surface area contributed by atoms with Crippen LogP contribution in [0.1, 0.15) is 27.2 Å². The Morgan fingerprint density at radius 1 is 1.57 bits per heavy atom. The highest BCUT2D eigenvalue weighted by Crippen LogP contribution is 2.18. The average molecular weight is 327 g/mol. The zero-order valence-corrected chi connectivity index (χ0v) is 13.4. The topological polar surface area (TPSA) is 145 Å². The first-order valence-electron chi connectivity index (χ1n) is 7.13. The molecule has 23 heavy (non-hydrogen) atoms. The first kappa shape index (κ1) is 18.6. The molecule has 10 nitrogen and oxygen atoms in total. The monoisotopic (exact) mass is 327 g/mol. The van der Waals surface area contributed by atoms with Crippen molar-refractivity contribution in [3.05, 3.63) is 10.4 Å². The number of azide groups is 1. The lowest BCUT2D eigenvalue weighted by atomic mass is 10.1. The van der Waals surface area contributed by atoms with Crippen LogP contribution in [0.4, 0.5) is 4.79 Å². The molecule has 1 aliphatic rings. The number of rotatable bonds is 6. The second-order valence-corrected chi connectivity index (χ2v) is 6.32. The molecule has 0 spiro atoms. The van der Waals surface area contributed by atoms with Crippen LogP contribution < -0.4 is 5.32 Å². The maximum absolute atomic E-state index is 11.9. The van der Waals surface area contributed by atoms with Crippen molar-refractivity contribution in [2.45, 2.75) is 38.8 Å². The van der Waals surface area contributed by atoms with E-state index in [9.17, 15) is 19.5 Å². The van der Waals surface area contributed by atoms with Crippen molar-refractivity contribution < 1.29 is 24.2 Å². The third-order valence-corrected chi connectivity index (χ3v) is 3.09. The Labute approximate surface area is 133 Å². The van der Waals surface area contributed by atoms with Gasteiger partial charge < -0.3 is 20.1 Å². The molecule has 0 radical (unpaired) electrons. The molecule has 1 saturated heterocycles. The van der Waals surface area contributed by atoms with Gasteiger partial charge in [-0.15, -0.1) is 0 Å². The molecule has 1 unspecified atom stereocenters. The van der Waals surface area contributed by atoms with Crippen LogP contribution in [0.5, 0.6) is 0 Å².